The molecule has 3 aromatic carbocycles. The molecule has 7 heteroatoms. The molecule has 0 atom stereocenters. The Kier molecular flexibility index (Phi) is 8.85. The third kappa shape index (κ3) is 6.25. The number of para-hydroxylation sites is 1. The molecular formula is C27H28ClN5O. The van der Waals surface area contributed by atoms with Crippen molar-refractivity contribution in [3.05, 3.63) is 101 Å². The monoisotopic (exact) mass is 473 g/mol. The van der Waals surface area contributed by atoms with Gasteiger partial charge in [-0.05, 0) is 32.0 Å². The molecule has 0 fully saturated rings. The smallest absolute Gasteiger partial charge is 0.176 e. The van der Waals surface area contributed by atoms with Gasteiger partial charge in [0.1, 0.15) is 11.7 Å². The number of benzene rings is 3. The van der Waals surface area contributed by atoms with E-state index in [1.54, 1.807) is 31.0 Å². The second-order valence-corrected chi connectivity index (χ2v) is 8.03. The minimum atomic E-state index is 0.00429. The Morgan fingerprint density at radius 3 is 2.24 bits per heavy atom. The summed E-state index contributed by atoms with van der Waals surface area (Å²) in [6.45, 7) is 4.01. The molecule has 0 amide bonds. The highest BCUT2D eigenvalue weighted by atomic mass is 35.5. The normalized spacial score (nSPS) is 11.9. The number of rotatable bonds is 8. The molecule has 34 heavy (non-hydrogen) atoms. The summed E-state index contributed by atoms with van der Waals surface area (Å²) in [6.07, 6.45) is 0. The van der Waals surface area contributed by atoms with Crippen LogP contribution < -0.4 is 10.2 Å². The Morgan fingerprint density at radius 1 is 0.941 bits per heavy atom. The maximum atomic E-state index is 12.4. The van der Waals surface area contributed by atoms with Crippen molar-refractivity contribution < 1.29 is 4.79 Å². The second kappa shape index (κ2) is 12.0. The fourth-order valence-electron chi connectivity index (χ4n) is 3.54. The summed E-state index contributed by atoms with van der Waals surface area (Å²) in [7, 11) is 1.70. The quantitative estimate of drug-likeness (QED) is 0.197. The summed E-state index contributed by atoms with van der Waals surface area (Å²) in [5.74, 6) is 1.05. The van der Waals surface area contributed by atoms with Gasteiger partial charge in [-0.3, -0.25) is 30.4 Å². The van der Waals surface area contributed by atoms with Crippen LogP contribution in [0.5, 0.6) is 0 Å². The summed E-state index contributed by atoms with van der Waals surface area (Å²) in [4.78, 5) is 23.3. The number of hydrogen-bond donors (Lipinski definition) is 2. The van der Waals surface area contributed by atoms with E-state index in [1.165, 1.54) is 0 Å². The Balaban J connectivity index is 1.95. The van der Waals surface area contributed by atoms with Crippen molar-refractivity contribution in [2.45, 2.75) is 13.8 Å². The van der Waals surface area contributed by atoms with Crippen LogP contribution >= 0.6 is 11.6 Å². The first-order chi connectivity index (χ1) is 16.4. The number of halogens is 1. The third-order valence-corrected chi connectivity index (χ3v) is 5.48. The molecule has 174 valence electrons. The minimum absolute atomic E-state index is 0.00429. The first-order valence-electron chi connectivity index (χ1n) is 10.9. The van der Waals surface area contributed by atoms with Crippen molar-refractivity contribution in [1.82, 2.24) is 5.32 Å². The molecule has 3 aromatic rings. The average molecular weight is 474 g/mol. The topological polar surface area (TPSA) is 80.9 Å². The Hall–Kier alpha value is -3.61. The van der Waals surface area contributed by atoms with E-state index in [0.717, 1.165) is 22.5 Å². The van der Waals surface area contributed by atoms with Gasteiger partial charge in [-0.15, -0.1) is 0 Å². The van der Waals surface area contributed by atoms with Gasteiger partial charge < -0.3 is 0 Å². The molecule has 0 aromatic heterocycles. The molecule has 0 aliphatic rings. The largest absolute Gasteiger partial charge is 0.293 e. The minimum Gasteiger partial charge on any atom is -0.293 e. The van der Waals surface area contributed by atoms with Crippen molar-refractivity contribution in [2.24, 2.45) is 9.98 Å². The third-order valence-electron chi connectivity index (χ3n) is 5.23. The first-order valence-corrected chi connectivity index (χ1v) is 11.3. The van der Waals surface area contributed by atoms with E-state index >= 15 is 0 Å². The number of nitrogens with one attached hydrogen (secondary N) is 2. The molecule has 0 aliphatic heterocycles. The number of Topliss-reactive ketones (excluding diaryl/α,β-unsaturated/α-hetero) is 1. The number of ketones is 1. The number of carbonyl (C=O) groups is 1. The zero-order valence-corrected chi connectivity index (χ0v) is 20.3. The molecule has 0 radical (unpaired) electrons. The summed E-state index contributed by atoms with van der Waals surface area (Å²) in [5, 5.41) is 12.1. The first kappa shape index (κ1) is 25.0. The van der Waals surface area contributed by atoms with Gasteiger partial charge in [-0.25, -0.2) is 0 Å². The standard InChI is InChI=1S/C27H28ClN5O/c1-19(29)33(20(2)30-3)25-12-8-7-11-24(25)27(22-13-15-23(28)16-14-22)32-18-31-17-26(34)21-9-5-4-6-10-21/h4-16,29,31H,17-18H2,1-3H3/b29-19?,30-20?,32-27+. The fourth-order valence-corrected chi connectivity index (χ4v) is 3.66. The van der Waals surface area contributed by atoms with Gasteiger partial charge in [0, 0.05) is 28.8 Å². The lowest BCUT2D eigenvalue weighted by Gasteiger charge is -2.26. The van der Waals surface area contributed by atoms with Gasteiger partial charge in [0.2, 0.25) is 0 Å². The number of amidine groups is 2. The number of carbonyl (C=O) groups excluding carboxylic acids is 1. The van der Waals surface area contributed by atoms with Gasteiger partial charge in [0.05, 0.1) is 24.6 Å². The highest BCUT2D eigenvalue weighted by Gasteiger charge is 2.19. The van der Waals surface area contributed by atoms with Crippen LogP contribution in [0.15, 0.2) is 88.8 Å². The van der Waals surface area contributed by atoms with E-state index in [2.05, 4.69) is 10.3 Å². The number of hydrogen-bond acceptors (Lipinski definition) is 5. The molecule has 2 N–H and O–H groups in total. The Labute approximate surface area is 205 Å². The molecule has 0 heterocycles. The van der Waals surface area contributed by atoms with Crippen molar-refractivity contribution in [2.75, 3.05) is 25.2 Å². The molecule has 0 aliphatic carbocycles. The van der Waals surface area contributed by atoms with Crippen LogP contribution in [0.4, 0.5) is 5.69 Å². The van der Waals surface area contributed by atoms with E-state index in [-0.39, 0.29) is 19.0 Å². The maximum absolute atomic E-state index is 12.4. The summed E-state index contributed by atoms with van der Waals surface area (Å²) >= 11 is 6.12. The van der Waals surface area contributed by atoms with Crippen LogP contribution in [-0.2, 0) is 0 Å². The highest BCUT2D eigenvalue weighted by Crippen LogP contribution is 2.25. The van der Waals surface area contributed by atoms with Crippen molar-refractivity contribution in [1.29, 1.82) is 5.41 Å². The van der Waals surface area contributed by atoms with E-state index in [4.69, 9.17) is 22.0 Å². The summed E-state index contributed by atoms with van der Waals surface area (Å²) in [5.41, 5.74) is 3.90. The van der Waals surface area contributed by atoms with E-state index in [0.29, 0.717) is 22.3 Å². The molecule has 0 saturated heterocycles. The predicted octanol–water partition coefficient (Wildman–Crippen LogP) is 5.46. The lowest BCUT2D eigenvalue weighted by atomic mass is 9.99. The zero-order valence-electron chi connectivity index (χ0n) is 19.5. The van der Waals surface area contributed by atoms with Crippen LogP contribution in [0.2, 0.25) is 5.02 Å². The van der Waals surface area contributed by atoms with Gasteiger partial charge >= 0.3 is 0 Å². The predicted molar refractivity (Wildman–Crippen MR) is 142 cm³/mol. The Morgan fingerprint density at radius 2 is 1.59 bits per heavy atom. The maximum Gasteiger partial charge on any atom is 0.176 e. The molecule has 0 bridgehead atoms. The summed E-state index contributed by atoms with van der Waals surface area (Å²) < 4.78 is 0. The van der Waals surface area contributed by atoms with Gasteiger partial charge in [0.25, 0.3) is 0 Å². The molecule has 3 rings (SSSR count). The molecule has 0 saturated carbocycles. The fraction of sp³-hybridized carbons (Fsp3) is 0.185. The average Bonchev–Trinajstić information content (AvgIpc) is 2.85. The van der Waals surface area contributed by atoms with E-state index in [9.17, 15) is 4.79 Å². The van der Waals surface area contributed by atoms with Gasteiger partial charge in [0.15, 0.2) is 5.78 Å². The van der Waals surface area contributed by atoms with Crippen LogP contribution in [0.25, 0.3) is 0 Å². The van der Waals surface area contributed by atoms with Gasteiger partial charge in [-0.2, -0.15) is 0 Å². The lowest BCUT2D eigenvalue weighted by Crippen LogP contribution is -2.34. The SMILES string of the molecule is CN=C(C)N(C(C)=N)c1ccccc1/C(=N/CNCC(=O)c1ccccc1)c1ccc(Cl)cc1. The number of aliphatic imine (C=N–C) groups is 2. The van der Waals surface area contributed by atoms with Gasteiger partial charge in [-0.1, -0.05) is 72.3 Å². The second-order valence-electron chi connectivity index (χ2n) is 7.60. The van der Waals surface area contributed by atoms with Crippen molar-refractivity contribution >= 4 is 40.5 Å². The van der Waals surface area contributed by atoms with E-state index in [1.807, 2.05) is 73.7 Å². The van der Waals surface area contributed by atoms with Crippen molar-refractivity contribution in [3.8, 4) is 0 Å². The molecule has 0 spiro atoms. The Bertz CT molecular complexity index is 1200. The highest BCUT2D eigenvalue weighted by molar-refractivity contribution is 6.31. The van der Waals surface area contributed by atoms with Crippen molar-refractivity contribution in [3.63, 3.8) is 0 Å². The van der Waals surface area contributed by atoms with E-state index < -0.39 is 0 Å². The van der Waals surface area contributed by atoms with Crippen LogP contribution in [0.3, 0.4) is 0 Å². The zero-order chi connectivity index (χ0) is 24.5. The molecule has 0 unspecified atom stereocenters. The number of nitrogens with zero attached hydrogens (tertiary/aromatic N) is 3. The number of anilines is 1. The summed E-state index contributed by atoms with van der Waals surface area (Å²) in [6, 6.07) is 24.4. The van der Waals surface area contributed by atoms with Crippen LogP contribution in [0.1, 0.15) is 35.3 Å². The van der Waals surface area contributed by atoms with Crippen LogP contribution in [-0.4, -0.2) is 43.4 Å². The molecular weight excluding hydrogens is 446 g/mol. The molecule has 6 nitrogen and oxygen atoms in total. The van der Waals surface area contributed by atoms with Crippen LogP contribution in [0, 0.1) is 5.41 Å². The lowest BCUT2D eigenvalue weighted by molar-refractivity contribution is 0.0991.